The summed E-state index contributed by atoms with van der Waals surface area (Å²) in [5, 5.41) is 3.85. The molecule has 0 aliphatic heterocycles. The fourth-order valence-electron chi connectivity index (χ4n) is 3.69. The lowest BCUT2D eigenvalue weighted by molar-refractivity contribution is -0.119. The summed E-state index contributed by atoms with van der Waals surface area (Å²) in [7, 11) is -4.27. The van der Waals surface area contributed by atoms with Gasteiger partial charge in [0.05, 0.1) is 29.0 Å². The number of aryl methyl sites for hydroxylation is 1. The first-order valence-electron chi connectivity index (χ1n) is 12.2. The van der Waals surface area contributed by atoms with Crippen LogP contribution in [-0.2, 0) is 19.6 Å². The summed E-state index contributed by atoms with van der Waals surface area (Å²) in [6.07, 6.45) is 1.25. The molecule has 4 rings (SSSR count). The van der Waals surface area contributed by atoms with Crippen LogP contribution >= 0.6 is 0 Å². The quantitative estimate of drug-likeness (QED) is 0.166. The zero-order valence-corrected chi connectivity index (χ0v) is 22.5. The van der Waals surface area contributed by atoms with Gasteiger partial charge < -0.3 is 9.15 Å². The zero-order chi connectivity index (χ0) is 28.7. The number of anilines is 1. The number of esters is 1. The van der Waals surface area contributed by atoms with Gasteiger partial charge in [0.2, 0.25) is 0 Å². The number of furan rings is 1. The fraction of sp³-hybridized carbons (Fsp3) is 0.138. The lowest BCUT2D eigenvalue weighted by Gasteiger charge is -2.24. The van der Waals surface area contributed by atoms with Gasteiger partial charge in [-0.3, -0.25) is 9.10 Å². The number of nitrogens with zero attached hydrogens (tertiary/aromatic N) is 2. The van der Waals surface area contributed by atoms with Gasteiger partial charge in [-0.2, -0.15) is 5.10 Å². The molecule has 0 radical (unpaired) electrons. The van der Waals surface area contributed by atoms with E-state index < -0.39 is 34.3 Å². The van der Waals surface area contributed by atoms with Crippen LogP contribution in [0.15, 0.2) is 99.3 Å². The minimum atomic E-state index is -4.27. The number of rotatable bonds is 10. The Hall–Kier alpha value is -4.77. The first kappa shape index (κ1) is 28.2. The molecule has 0 aliphatic carbocycles. The van der Waals surface area contributed by atoms with E-state index >= 15 is 0 Å². The maximum atomic E-state index is 14.6. The van der Waals surface area contributed by atoms with E-state index in [1.165, 1.54) is 36.5 Å². The van der Waals surface area contributed by atoms with Crippen molar-refractivity contribution in [2.75, 3.05) is 17.5 Å². The van der Waals surface area contributed by atoms with Crippen LogP contribution in [0.1, 0.15) is 28.6 Å². The number of carbonyl (C=O) groups is 2. The molecule has 0 atom stereocenters. The van der Waals surface area contributed by atoms with E-state index in [2.05, 4.69) is 10.5 Å². The molecule has 40 heavy (non-hydrogen) atoms. The SMILES string of the molecule is CCOC(=O)c1ccc(-c2ccc(/C=N\NC(=O)CN(c3ccccc3F)S(=O)(=O)c3ccc(C)cc3)o2)cc1. The number of halogens is 1. The average Bonchev–Trinajstić information content (AvgIpc) is 3.41. The van der Waals surface area contributed by atoms with Crippen molar-refractivity contribution in [3.63, 3.8) is 0 Å². The lowest BCUT2D eigenvalue weighted by Crippen LogP contribution is -2.40. The van der Waals surface area contributed by atoms with Crippen molar-refractivity contribution in [3.05, 3.63) is 108 Å². The summed E-state index contributed by atoms with van der Waals surface area (Å²) in [5.74, 6) is -1.21. The smallest absolute Gasteiger partial charge is 0.338 e. The van der Waals surface area contributed by atoms with Gasteiger partial charge in [-0.1, -0.05) is 42.0 Å². The van der Waals surface area contributed by atoms with Crippen LogP contribution in [0.2, 0.25) is 0 Å². The number of nitrogens with one attached hydrogen (secondary N) is 1. The van der Waals surface area contributed by atoms with Gasteiger partial charge in [0.1, 0.15) is 23.9 Å². The standard InChI is InChI=1S/C29H26FN3O6S/c1-3-38-29(35)22-12-10-21(11-13-22)27-17-14-23(39-27)18-31-32-28(34)19-33(26-7-5-4-6-25(26)30)40(36,37)24-15-8-20(2)9-16-24/h4-18H,3,19H2,1-2H3,(H,32,34)/b31-18-. The number of para-hydroxylation sites is 1. The predicted molar refractivity (Wildman–Crippen MR) is 148 cm³/mol. The van der Waals surface area contributed by atoms with E-state index in [1.54, 1.807) is 62.4 Å². The Morgan fingerprint density at radius 1 is 1.00 bits per heavy atom. The van der Waals surface area contributed by atoms with Crippen LogP contribution in [0.5, 0.6) is 0 Å². The maximum absolute atomic E-state index is 14.6. The van der Waals surface area contributed by atoms with Crippen LogP contribution in [0.4, 0.5) is 10.1 Å². The number of benzene rings is 3. The molecule has 0 saturated carbocycles. The molecule has 0 unspecified atom stereocenters. The summed E-state index contributed by atoms with van der Waals surface area (Å²) >= 11 is 0. The van der Waals surface area contributed by atoms with Gasteiger partial charge in [-0.05, 0) is 62.4 Å². The van der Waals surface area contributed by atoms with Crippen molar-refractivity contribution in [2.24, 2.45) is 5.10 Å². The zero-order valence-electron chi connectivity index (χ0n) is 21.7. The Kier molecular flexibility index (Phi) is 8.75. The first-order chi connectivity index (χ1) is 19.2. The maximum Gasteiger partial charge on any atom is 0.338 e. The predicted octanol–water partition coefficient (Wildman–Crippen LogP) is 4.92. The van der Waals surface area contributed by atoms with Gasteiger partial charge in [0.15, 0.2) is 0 Å². The summed E-state index contributed by atoms with van der Waals surface area (Å²) in [6, 6.07) is 21.3. The van der Waals surface area contributed by atoms with Gasteiger partial charge in [-0.25, -0.2) is 23.0 Å². The molecule has 1 aromatic heterocycles. The normalized spacial score (nSPS) is 11.4. The van der Waals surface area contributed by atoms with Crippen molar-refractivity contribution in [1.82, 2.24) is 5.43 Å². The Morgan fingerprint density at radius 2 is 1.70 bits per heavy atom. The van der Waals surface area contributed by atoms with Crippen molar-refractivity contribution in [2.45, 2.75) is 18.7 Å². The van der Waals surface area contributed by atoms with Crippen LogP contribution in [0, 0.1) is 12.7 Å². The van der Waals surface area contributed by atoms with E-state index in [9.17, 15) is 22.4 Å². The molecule has 206 valence electrons. The molecule has 0 fully saturated rings. The summed E-state index contributed by atoms with van der Waals surface area (Å²) in [5.41, 5.74) is 3.95. The highest BCUT2D eigenvalue weighted by molar-refractivity contribution is 7.92. The second-order valence-electron chi connectivity index (χ2n) is 8.57. The first-order valence-corrected chi connectivity index (χ1v) is 13.7. The third kappa shape index (κ3) is 6.62. The summed E-state index contributed by atoms with van der Waals surface area (Å²) in [4.78, 5) is 24.4. The second kappa shape index (κ2) is 12.4. The molecule has 0 bridgehead atoms. The third-order valence-corrected chi connectivity index (χ3v) is 7.48. The molecular weight excluding hydrogens is 537 g/mol. The van der Waals surface area contributed by atoms with Crippen molar-refractivity contribution in [1.29, 1.82) is 0 Å². The average molecular weight is 564 g/mol. The van der Waals surface area contributed by atoms with E-state index in [1.807, 2.05) is 0 Å². The number of carbonyl (C=O) groups excluding carboxylic acids is 2. The highest BCUT2D eigenvalue weighted by atomic mass is 32.2. The number of hydrogen-bond acceptors (Lipinski definition) is 7. The van der Waals surface area contributed by atoms with Crippen LogP contribution in [0.25, 0.3) is 11.3 Å². The highest BCUT2D eigenvalue weighted by Gasteiger charge is 2.29. The Labute approximate surface area is 230 Å². The molecule has 1 N–H and O–H groups in total. The van der Waals surface area contributed by atoms with Crippen molar-refractivity contribution in [3.8, 4) is 11.3 Å². The summed E-state index contributed by atoms with van der Waals surface area (Å²) in [6.45, 7) is 3.10. The van der Waals surface area contributed by atoms with Crippen LogP contribution in [0.3, 0.4) is 0 Å². The Balaban J connectivity index is 1.46. The molecule has 11 heteroatoms. The lowest BCUT2D eigenvalue weighted by atomic mass is 10.1. The fourth-order valence-corrected chi connectivity index (χ4v) is 5.12. The van der Waals surface area contributed by atoms with Crippen LogP contribution in [-0.4, -0.2) is 39.7 Å². The molecular formula is C29H26FN3O6S. The molecule has 0 saturated heterocycles. The molecule has 9 nitrogen and oxygen atoms in total. The summed E-state index contributed by atoms with van der Waals surface area (Å²) < 4.78 is 52.7. The number of sulfonamides is 1. The molecule has 0 spiro atoms. The van der Waals surface area contributed by atoms with E-state index in [4.69, 9.17) is 9.15 Å². The van der Waals surface area contributed by atoms with Gasteiger partial charge in [0.25, 0.3) is 15.9 Å². The minimum Gasteiger partial charge on any atom is -0.462 e. The van der Waals surface area contributed by atoms with Gasteiger partial charge in [-0.15, -0.1) is 0 Å². The minimum absolute atomic E-state index is 0.0870. The number of amides is 1. The number of hydrazone groups is 1. The topological polar surface area (TPSA) is 118 Å². The Bertz CT molecular complexity index is 1630. The third-order valence-electron chi connectivity index (χ3n) is 5.71. The molecule has 1 amide bonds. The second-order valence-corrected chi connectivity index (χ2v) is 10.4. The Morgan fingerprint density at radius 3 is 2.38 bits per heavy atom. The molecule has 1 heterocycles. The number of hydrogen-bond donors (Lipinski definition) is 1. The van der Waals surface area contributed by atoms with E-state index in [0.29, 0.717) is 27.0 Å². The highest BCUT2D eigenvalue weighted by Crippen LogP contribution is 2.26. The van der Waals surface area contributed by atoms with Crippen LogP contribution < -0.4 is 9.73 Å². The monoisotopic (exact) mass is 563 g/mol. The molecule has 3 aromatic carbocycles. The van der Waals surface area contributed by atoms with E-state index in [0.717, 1.165) is 11.6 Å². The largest absolute Gasteiger partial charge is 0.462 e. The van der Waals surface area contributed by atoms with Crippen molar-refractivity contribution >= 4 is 33.8 Å². The molecule has 0 aliphatic rings. The van der Waals surface area contributed by atoms with E-state index in [-0.39, 0.29) is 17.2 Å². The van der Waals surface area contributed by atoms with Gasteiger partial charge in [0, 0.05) is 5.56 Å². The van der Waals surface area contributed by atoms with Gasteiger partial charge >= 0.3 is 5.97 Å². The van der Waals surface area contributed by atoms with Crippen molar-refractivity contribution < 1.29 is 31.6 Å². The molecule has 4 aromatic rings. The number of ether oxygens (including phenoxy) is 1.